The van der Waals surface area contributed by atoms with Crippen LogP contribution in [0, 0.1) is 5.41 Å². The molecule has 1 aliphatic heterocycles. The lowest BCUT2D eigenvalue weighted by atomic mass is 9.75. The predicted molar refractivity (Wildman–Crippen MR) is 69.0 cm³/mol. The molecular formula is C14H22N2O2. The first-order valence-corrected chi connectivity index (χ1v) is 6.36. The highest BCUT2D eigenvalue weighted by Crippen LogP contribution is 2.42. The first-order valence-electron chi connectivity index (χ1n) is 6.36. The molecule has 0 fully saturated rings. The largest absolute Gasteiger partial charge is 0.446 e. The molecule has 0 spiro atoms. The molecule has 1 aromatic rings. The van der Waals surface area contributed by atoms with Crippen LogP contribution in [-0.2, 0) is 11.3 Å². The molecule has 4 nitrogen and oxygen atoms in total. The lowest BCUT2D eigenvalue weighted by Crippen LogP contribution is -2.52. The van der Waals surface area contributed by atoms with Crippen LogP contribution >= 0.6 is 0 Å². The van der Waals surface area contributed by atoms with Gasteiger partial charge in [-0.05, 0) is 26.2 Å². The molecular weight excluding hydrogens is 228 g/mol. The summed E-state index contributed by atoms with van der Waals surface area (Å²) in [5, 5.41) is 0. The minimum absolute atomic E-state index is 0.149. The summed E-state index contributed by atoms with van der Waals surface area (Å²) in [6, 6.07) is 0. The van der Waals surface area contributed by atoms with Gasteiger partial charge in [-0.2, -0.15) is 0 Å². The molecule has 1 amide bonds. The molecule has 1 aliphatic rings. The Balaban J connectivity index is 2.51. The highest BCUT2D eigenvalue weighted by molar-refractivity contribution is 5.86. The van der Waals surface area contributed by atoms with E-state index in [2.05, 4.69) is 25.8 Å². The van der Waals surface area contributed by atoms with E-state index in [9.17, 15) is 4.79 Å². The van der Waals surface area contributed by atoms with Crippen LogP contribution in [0.5, 0.6) is 0 Å². The number of carbonyl (C=O) groups is 1. The first-order chi connectivity index (χ1) is 8.12. The van der Waals surface area contributed by atoms with Gasteiger partial charge in [0.25, 0.3) is 0 Å². The van der Waals surface area contributed by atoms with Crippen molar-refractivity contribution in [3.63, 3.8) is 0 Å². The Morgan fingerprint density at radius 1 is 1.28 bits per heavy atom. The van der Waals surface area contributed by atoms with Crippen molar-refractivity contribution in [3.05, 3.63) is 17.8 Å². The second-order valence-electron chi connectivity index (χ2n) is 7.06. The third-order valence-electron chi connectivity index (χ3n) is 3.44. The third kappa shape index (κ3) is 2.04. The summed E-state index contributed by atoms with van der Waals surface area (Å²) >= 11 is 0. The van der Waals surface area contributed by atoms with Crippen molar-refractivity contribution < 1.29 is 9.21 Å². The summed E-state index contributed by atoms with van der Waals surface area (Å²) < 4.78 is 5.45. The molecule has 0 aromatic carbocycles. The average molecular weight is 250 g/mol. The van der Waals surface area contributed by atoms with E-state index in [0.717, 1.165) is 11.5 Å². The molecule has 100 valence electrons. The summed E-state index contributed by atoms with van der Waals surface area (Å²) in [6.07, 6.45) is 1.45. The predicted octanol–water partition coefficient (Wildman–Crippen LogP) is 2.95. The van der Waals surface area contributed by atoms with Crippen molar-refractivity contribution in [1.29, 1.82) is 0 Å². The minimum Gasteiger partial charge on any atom is -0.446 e. The van der Waals surface area contributed by atoms with Crippen LogP contribution in [0.3, 0.4) is 0 Å². The van der Waals surface area contributed by atoms with Gasteiger partial charge in [-0.15, -0.1) is 0 Å². The van der Waals surface area contributed by atoms with E-state index in [-0.39, 0.29) is 22.8 Å². The zero-order chi connectivity index (χ0) is 13.7. The maximum absolute atomic E-state index is 12.7. The fraction of sp³-hybridized carbons (Fsp3) is 0.714. The molecule has 4 heteroatoms. The van der Waals surface area contributed by atoms with E-state index in [1.807, 2.05) is 25.7 Å². The Morgan fingerprint density at radius 2 is 1.89 bits per heavy atom. The SMILES string of the molecule is CC(C)(C)C1C(=O)N(C(C)(C)C)Cc2ocnc21. The molecule has 1 atom stereocenters. The van der Waals surface area contributed by atoms with Gasteiger partial charge >= 0.3 is 0 Å². The molecule has 0 bridgehead atoms. The molecule has 0 saturated heterocycles. The summed E-state index contributed by atoms with van der Waals surface area (Å²) in [5.41, 5.74) is 0.450. The van der Waals surface area contributed by atoms with Crippen LogP contribution in [0.15, 0.2) is 10.8 Å². The lowest BCUT2D eigenvalue weighted by molar-refractivity contribution is -0.143. The van der Waals surface area contributed by atoms with Crippen LogP contribution < -0.4 is 0 Å². The first kappa shape index (κ1) is 13.1. The van der Waals surface area contributed by atoms with Gasteiger partial charge in [0, 0.05) is 5.54 Å². The van der Waals surface area contributed by atoms with E-state index in [1.165, 1.54) is 6.39 Å². The van der Waals surface area contributed by atoms with E-state index in [1.54, 1.807) is 0 Å². The standard InChI is InChI=1S/C14H22N2O2/c1-13(2,3)10-11-9(18-8-15-11)7-16(12(10)17)14(4,5)6/h8,10H,7H2,1-6H3. The Hall–Kier alpha value is -1.32. The van der Waals surface area contributed by atoms with E-state index >= 15 is 0 Å². The average Bonchev–Trinajstić information content (AvgIpc) is 2.59. The molecule has 1 unspecified atom stereocenters. The highest BCUT2D eigenvalue weighted by Gasteiger charge is 2.45. The van der Waals surface area contributed by atoms with E-state index in [0.29, 0.717) is 6.54 Å². The molecule has 0 saturated carbocycles. The number of hydrogen-bond acceptors (Lipinski definition) is 3. The summed E-state index contributed by atoms with van der Waals surface area (Å²) in [5.74, 6) is 0.750. The fourth-order valence-electron chi connectivity index (χ4n) is 2.48. The lowest BCUT2D eigenvalue weighted by Gasteiger charge is -2.43. The van der Waals surface area contributed by atoms with Crippen molar-refractivity contribution in [2.24, 2.45) is 5.41 Å². The number of carbonyl (C=O) groups excluding carboxylic acids is 1. The van der Waals surface area contributed by atoms with Crippen molar-refractivity contribution in [3.8, 4) is 0 Å². The number of oxazole rings is 1. The number of hydrogen-bond donors (Lipinski definition) is 0. The van der Waals surface area contributed by atoms with Crippen molar-refractivity contribution in [1.82, 2.24) is 9.88 Å². The topological polar surface area (TPSA) is 46.3 Å². The van der Waals surface area contributed by atoms with Crippen molar-refractivity contribution in [2.45, 2.75) is 59.5 Å². The molecule has 2 heterocycles. The Kier molecular flexibility index (Phi) is 2.80. The number of aromatic nitrogens is 1. The normalized spacial score (nSPS) is 21.1. The van der Waals surface area contributed by atoms with Gasteiger partial charge in [-0.1, -0.05) is 20.8 Å². The Bertz CT molecular complexity index is 463. The van der Waals surface area contributed by atoms with Crippen LogP contribution in [0.25, 0.3) is 0 Å². The third-order valence-corrected chi connectivity index (χ3v) is 3.44. The second-order valence-corrected chi connectivity index (χ2v) is 7.06. The van der Waals surface area contributed by atoms with Crippen molar-refractivity contribution >= 4 is 5.91 Å². The summed E-state index contributed by atoms with van der Waals surface area (Å²) in [6.45, 7) is 12.9. The Morgan fingerprint density at radius 3 is 2.39 bits per heavy atom. The van der Waals surface area contributed by atoms with Crippen LogP contribution in [0.4, 0.5) is 0 Å². The summed E-state index contributed by atoms with van der Waals surface area (Å²) in [4.78, 5) is 18.9. The number of rotatable bonds is 0. The number of nitrogens with zero attached hydrogens (tertiary/aromatic N) is 2. The zero-order valence-electron chi connectivity index (χ0n) is 12.1. The fourth-order valence-corrected chi connectivity index (χ4v) is 2.48. The number of amides is 1. The maximum Gasteiger partial charge on any atom is 0.233 e. The minimum atomic E-state index is -0.223. The van der Waals surface area contributed by atoms with Gasteiger partial charge in [-0.3, -0.25) is 4.79 Å². The van der Waals surface area contributed by atoms with Gasteiger partial charge in [0.15, 0.2) is 6.39 Å². The quantitative estimate of drug-likeness (QED) is 0.711. The van der Waals surface area contributed by atoms with E-state index in [4.69, 9.17) is 4.42 Å². The van der Waals surface area contributed by atoms with Gasteiger partial charge < -0.3 is 9.32 Å². The maximum atomic E-state index is 12.7. The van der Waals surface area contributed by atoms with Crippen molar-refractivity contribution in [2.75, 3.05) is 0 Å². The smallest absolute Gasteiger partial charge is 0.233 e. The summed E-state index contributed by atoms with van der Waals surface area (Å²) in [7, 11) is 0. The van der Waals surface area contributed by atoms with Crippen LogP contribution in [-0.4, -0.2) is 21.3 Å². The highest BCUT2D eigenvalue weighted by atomic mass is 16.3. The van der Waals surface area contributed by atoms with Gasteiger partial charge in [0.05, 0.1) is 18.2 Å². The molecule has 0 radical (unpaired) electrons. The van der Waals surface area contributed by atoms with Crippen LogP contribution in [0.2, 0.25) is 0 Å². The molecule has 0 aliphatic carbocycles. The monoisotopic (exact) mass is 250 g/mol. The number of fused-ring (bicyclic) bond motifs is 1. The van der Waals surface area contributed by atoms with Gasteiger partial charge in [0.1, 0.15) is 5.76 Å². The second kappa shape index (κ2) is 3.84. The van der Waals surface area contributed by atoms with Gasteiger partial charge in [0.2, 0.25) is 5.91 Å². The molecule has 0 N–H and O–H groups in total. The zero-order valence-corrected chi connectivity index (χ0v) is 12.1. The molecule has 1 aromatic heterocycles. The van der Waals surface area contributed by atoms with Gasteiger partial charge in [-0.25, -0.2) is 4.98 Å². The van der Waals surface area contributed by atoms with E-state index < -0.39 is 0 Å². The Labute approximate surface area is 108 Å². The molecule has 2 rings (SSSR count). The molecule has 18 heavy (non-hydrogen) atoms. The van der Waals surface area contributed by atoms with Crippen LogP contribution in [0.1, 0.15) is 58.9 Å².